The molecule has 3 heteroatoms. The molecule has 3 nitrogen and oxygen atoms in total. The SMILES string of the molecule is CC1CCC(C)C(Nc2ccc3cn[nH]c3c2)C1. The van der Waals surface area contributed by atoms with Crippen LogP contribution in [0.2, 0.25) is 0 Å². The summed E-state index contributed by atoms with van der Waals surface area (Å²) in [5.41, 5.74) is 2.31. The molecule has 0 saturated heterocycles. The Kier molecular flexibility index (Phi) is 2.98. The summed E-state index contributed by atoms with van der Waals surface area (Å²) in [6, 6.07) is 7.05. The van der Waals surface area contributed by atoms with Gasteiger partial charge in [0.05, 0.1) is 11.7 Å². The normalized spacial score (nSPS) is 28.4. The van der Waals surface area contributed by atoms with Crippen LogP contribution in [-0.4, -0.2) is 16.2 Å². The van der Waals surface area contributed by atoms with Crippen LogP contribution in [0.3, 0.4) is 0 Å². The van der Waals surface area contributed by atoms with Gasteiger partial charge in [-0.15, -0.1) is 0 Å². The number of nitrogens with one attached hydrogen (secondary N) is 2. The molecular formula is C15H21N3. The summed E-state index contributed by atoms with van der Waals surface area (Å²) < 4.78 is 0. The van der Waals surface area contributed by atoms with Gasteiger partial charge in [-0.25, -0.2) is 0 Å². The number of fused-ring (bicyclic) bond motifs is 1. The average molecular weight is 243 g/mol. The van der Waals surface area contributed by atoms with Gasteiger partial charge in [0.25, 0.3) is 0 Å². The molecule has 3 unspecified atom stereocenters. The number of nitrogens with zero attached hydrogens (tertiary/aromatic N) is 1. The third-order valence-electron chi connectivity index (χ3n) is 4.25. The van der Waals surface area contributed by atoms with Crippen LogP contribution in [0, 0.1) is 11.8 Å². The second kappa shape index (κ2) is 4.63. The number of aromatic nitrogens is 2. The quantitative estimate of drug-likeness (QED) is 0.842. The molecule has 0 bridgehead atoms. The van der Waals surface area contributed by atoms with Crippen LogP contribution >= 0.6 is 0 Å². The molecule has 2 N–H and O–H groups in total. The summed E-state index contributed by atoms with van der Waals surface area (Å²) in [4.78, 5) is 0. The van der Waals surface area contributed by atoms with Gasteiger partial charge in [0.1, 0.15) is 0 Å². The third-order valence-corrected chi connectivity index (χ3v) is 4.25. The van der Waals surface area contributed by atoms with Crippen LogP contribution in [0.4, 0.5) is 5.69 Å². The predicted molar refractivity (Wildman–Crippen MR) is 75.7 cm³/mol. The molecule has 1 heterocycles. The molecule has 3 rings (SSSR count). The fraction of sp³-hybridized carbons (Fsp3) is 0.533. The van der Waals surface area contributed by atoms with Crippen molar-refractivity contribution >= 4 is 16.6 Å². The molecule has 1 saturated carbocycles. The zero-order valence-corrected chi connectivity index (χ0v) is 11.1. The standard InChI is InChI=1S/C15H21N3/c1-10-3-4-11(2)14(7-10)17-13-6-5-12-9-16-18-15(12)8-13/h5-6,8-11,14,17H,3-4,7H2,1-2H3,(H,16,18). The van der Waals surface area contributed by atoms with E-state index in [-0.39, 0.29) is 0 Å². The van der Waals surface area contributed by atoms with E-state index in [0.717, 1.165) is 17.4 Å². The maximum atomic E-state index is 4.06. The van der Waals surface area contributed by atoms with Gasteiger partial charge in [0.15, 0.2) is 0 Å². The lowest BCUT2D eigenvalue weighted by atomic mass is 9.80. The van der Waals surface area contributed by atoms with Crippen LogP contribution in [0.15, 0.2) is 24.4 Å². The van der Waals surface area contributed by atoms with Gasteiger partial charge in [-0.2, -0.15) is 5.10 Å². The minimum atomic E-state index is 0.606. The van der Waals surface area contributed by atoms with E-state index in [1.807, 2.05) is 6.20 Å². The van der Waals surface area contributed by atoms with Crippen molar-refractivity contribution in [3.05, 3.63) is 24.4 Å². The zero-order chi connectivity index (χ0) is 12.5. The van der Waals surface area contributed by atoms with Crippen molar-refractivity contribution in [2.24, 2.45) is 11.8 Å². The molecule has 2 aromatic rings. The molecule has 0 spiro atoms. The molecule has 1 aliphatic rings. The zero-order valence-electron chi connectivity index (χ0n) is 11.1. The molecule has 0 amide bonds. The number of benzene rings is 1. The maximum absolute atomic E-state index is 4.06. The van der Waals surface area contributed by atoms with E-state index in [1.165, 1.54) is 30.3 Å². The highest BCUT2D eigenvalue weighted by molar-refractivity contribution is 5.81. The maximum Gasteiger partial charge on any atom is 0.0670 e. The summed E-state index contributed by atoms with van der Waals surface area (Å²) in [6.07, 6.45) is 5.86. The van der Waals surface area contributed by atoms with Crippen molar-refractivity contribution in [2.45, 2.75) is 39.2 Å². The average Bonchev–Trinajstić information content (AvgIpc) is 2.81. The Balaban J connectivity index is 1.78. The van der Waals surface area contributed by atoms with E-state index in [0.29, 0.717) is 6.04 Å². The fourth-order valence-electron chi connectivity index (χ4n) is 2.97. The Labute approximate surface area is 108 Å². The molecule has 1 aliphatic carbocycles. The Morgan fingerprint density at radius 1 is 1.28 bits per heavy atom. The molecule has 0 radical (unpaired) electrons. The van der Waals surface area contributed by atoms with Crippen molar-refractivity contribution in [2.75, 3.05) is 5.32 Å². The van der Waals surface area contributed by atoms with Crippen molar-refractivity contribution in [1.29, 1.82) is 0 Å². The number of rotatable bonds is 2. The largest absolute Gasteiger partial charge is 0.382 e. The van der Waals surface area contributed by atoms with Crippen molar-refractivity contribution < 1.29 is 0 Å². The third kappa shape index (κ3) is 2.22. The Morgan fingerprint density at radius 2 is 2.17 bits per heavy atom. The lowest BCUT2D eigenvalue weighted by molar-refractivity contribution is 0.281. The first-order valence-corrected chi connectivity index (χ1v) is 6.92. The number of hydrogen-bond donors (Lipinski definition) is 2. The van der Waals surface area contributed by atoms with E-state index in [9.17, 15) is 0 Å². The topological polar surface area (TPSA) is 40.7 Å². The predicted octanol–water partition coefficient (Wildman–Crippen LogP) is 3.80. The Hall–Kier alpha value is -1.51. The van der Waals surface area contributed by atoms with Crippen molar-refractivity contribution in [1.82, 2.24) is 10.2 Å². The lowest BCUT2D eigenvalue weighted by Gasteiger charge is -2.34. The van der Waals surface area contributed by atoms with Crippen LogP contribution in [0.25, 0.3) is 10.9 Å². The highest BCUT2D eigenvalue weighted by atomic mass is 15.1. The lowest BCUT2D eigenvalue weighted by Crippen LogP contribution is -2.33. The minimum absolute atomic E-state index is 0.606. The molecule has 1 fully saturated rings. The summed E-state index contributed by atoms with van der Waals surface area (Å²) >= 11 is 0. The van der Waals surface area contributed by atoms with Crippen LogP contribution in [-0.2, 0) is 0 Å². The number of hydrogen-bond acceptors (Lipinski definition) is 2. The first-order valence-electron chi connectivity index (χ1n) is 6.92. The summed E-state index contributed by atoms with van der Waals surface area (Å²) in [7, 11) is 0. The van der Waals surface area contributed by atoms with Crippen LogP contribution in [0.1, 0.15) is 33.1 Å². The highest BCUT2D eigenvalue weighted by Gasteiger charge is 2.25. The van der Waals surface area contributed by atoms with Crippen LogP contribution < -0.4 is 5.32 Å². The van der Waals surface area contributed by atoms with E-state index in [2.05, 4.69) is 47.6 Å². The Morgan fingerprint density at radius 3 is 3.06 bits per heavy atom. The van der Waals surface area contributed by atoms with Crippen LogP contribution in [0.5, 0.6) is 0 Å². The first-order chi connectivity index (χ1) is 8.72. The number of anilines is 1. The van der Waals surface area contributed by atoms with Crippen molar-refractivity contribution in [3.63, 3.8) is 0 Å². The monoisotopic (exact) mass is 243 g/mol. The minimum Gasteiger partial charge on any atom is -0.382 e. The second-order valence-electron chi connectivity index (χ2n) is 5.82. The second-order valence-corrected chi connectivity index (χ2v) is 5.82. The van der Waals surface area contributed by atoms with Gasteiger partial charge in [-0.1, -0.05) is 20.3 Å². The van der Waals surface area contributed by atoms with E-state index < -0.39 is 0 Å². The van der Waals surface area contributed by atoms with Gasteiger partial charge in [-0.3, -0.25) is 5.10 Å². The van der Waals surface area contributed by atoms with Crippen molar-refractivity contribution in [3.8, 4) is 0 Å². The molecule has 18 heavy (non-hydrogen) atoms. The van der Waals surface area contributed by atoms with Gasteiger partial charge < -0.3 is 5.32 Å². The highest BCUT2D eigenvalue weighted by Crippen LogP contribution is 2.31. The van der Waals surface area contributed by atoms with Gasteiger partial charge in [0, 0.05) is 17.1 Å². The number of H-pyrrole nitrogens is 1. The summed E-state index contributed by atoms with van der Waals surface area (Å²) in [5, 5.41) is 12.0. The smallest absolute Gasteiger partial charge is 0.0670 e. The molecule has 0 aliphatic heterocycles. The molecule has 1 aromatic heterocycles. The van der Waals surface area contributed by atoms with E-state index in [4.69, 9.17) is 0 Å². The summed E-state index contributed by atoms with van der Waals surface area (Å²) in [5.74, 6) is 1.60. The fourth-order valence-corrected chi connectivity index (χ4v) is 2.97. The van der Waals surface area contributed by atoms with Gasteiger partial charge >= 0.3 is 0 Å². The molecule has 96 valence electrons. The Bertz CT molecular complexity index is 531. The van der Waals surface area contributed by atoms with Gasteiger partial charge in [-0.05, 0) is 42.9 Å². The molecule has 3 atom stereocenters. The number of aromatic amines is 1. The molecular weight excluding hydrogens is 222 g/mol. The summed E-state index contributed by atoms with van der Waals surface area (Å²) in [6.45, 7) is 4.72. The van der Waals surface area contributed by atoms with Gasteiger partial charge in [0.2, 0.25) is 0 Å². The first kappa shape index (κ1) is 11.6. The molecule has 1 aromatic carbocycles. The van der Waals surface area contributed by atoms with E-state index in [1.54, 1.807) is 0 Å². The van der Waals surface area contributed by atoms with E-state index >= 15 is 0 Å².